The van der Waals surface area contributed by atoms with Crippen molar-refractivity contribution in [3.05, 3.63) is 52.1 Å². The van der Waals surface area contributed by atoms with Crippen LogP contribution in [0.25, 0.3) is 10.8 Å². The normalized spacial score (nSPS) is 11.2. The monoisotopic (exact) mass is 339 g/mol. The molecule has 1 amide bonds. The number of aromatic nitrogens is 4. The quantitative estimate of drug-likeness (QED) is 0.790. The van der Waals surface area contributed by atoms with Crippen LogP contribution >= 0.6 is 0 Å². The third-order valence-electron chi connectivity index (χ3n) is 4.07. The van der Waals surface area contributed by atoms with Gasteiger partial charge in [0.1, 0.15) is 12.4 Å². The van der Waals surface area contributed by atoms with Gasteiger partial charge in [-0.3, -0.25) is 14.3 Å². The second-order valence-electron chi connectivity index (χ2n) is 6.44. The third-order valence-corrected chi connectivity index (χ3v) is 4.07. The number of fused-ring (bicyclic) bond motifs is 1. The SMILES string of the molecule is Cc1ccc2c(=O)n(CC(=O)Nc3ccnn3C)nc(C(C)C)c2c1. The highest BCUT2D eigenvalue weighted by Gasteiger charge is 2.15. The average Bonchev–Trinajstić information content (AvgIpc) is 2.94. The lowest BCUT2D eigenvalue weighted by Crippen LogP contribution is -2.31. The molecular weight excluding hydrogens is 318 g/mol. The van der Waals surface area contributed by atoms with Gasteiger partial charge in [-0.2, -0.15) is 10.2 Å². The minimum absolute atomic E-state index is 0.135. The molecule has 0 aliphatic carbocycles. The summed E-state index contributed by atoms with van der Waals surface area (Å²) in [6, 6.07) is 7.36. The van der Waals surface area contributed by atoms with Crippen LogP contribution in [0.1, 0.15) is 31.0 Å². The zero-order valence-electron chi connectivity index (χ0n) is 14.8. The molecule has 0 atom stereocenters. The summed E-state index contributed by atoms with van der Waals surface area (Å²) in [4.78, 5) is 25.0. The predicted octanol–water partition coefficient (Wildman–Crippen LogP) is 2.20. The van der Waals surface area contributed by atoms with Gasteiger partial charge in [-0.05, 0) is 25.0 Å². The number of nitrogens with zero attached hydrogens (tertiary/aromatic N) is 4. The van der Waals surface area contributed by atoms with E-state index in [9.17, 15) is 9.59 Å². The molecule has 0 spiro atoms. The van der Waals surface area contributed by atoms with E-state index in [0.717, 1.165) is 16.6 Å². The van der Waals surface area contributed by atoms with E-state index >= 15 is 0 Å². The fraction of sp³-hybridized carbons (Fsp3) is 0.333. The molecule has 25 heavy (non-hydrogen) atoms. The summed E-state index contributed by atoms with van der Waals surface area (Å²) in [6.45, 7) is 5.88. The fourth-order valence-electron chi connectivity index (χ4n) is 2.77. The molecule has 0 fully saturated rings. The van der Waals surface area contributed by atoms with Crippen LogP contribution in [-0.4, -0.2) is 25.5 Å². The number of carbonyl (C=O) groups is 1. The van der Waals surface area contributed by atoms with Gasteiger partial charge >= 0.3 is 0 Å². The van der Waals surface area contributed by atoms with E-state index < -0.39 is 0 Å². The maximum absolute atomic E-state index is 12.7. The van der Waals surface area contributed by atoms with Crippen molar-refractivity contribution in [2.24, 2.45) is 7.05 Å². The van der Waals surface area contributed by atoms with Crippen molar-refractivity contribution in [1.29, 1.82) is 0 Å². The predicted molar refractivity (Wildman–Crippen MR) is 96.7 cm³/mol. The van der Waals surface area contributed by atoms with E-state index in [1.54, 1.807) is 30.1 Å². The Hall–Kier alpha value is -2.96. The van der Waals surface area contributed by atoms with Crippen LogP contribution < -0.4 is 10.9 Å². The Balaban J connectivity index is 2.00. The summed E-state index contributed by atoms with van der Waals surface area (Å²) in [5.41, 5.74) is 1.62. The number of anilines is 1. The van der Waals surface area contributed by atoms with Gasteiger partial charge in [0, 0.05) is 18.5 Å². The lowest BCUT2D eigenvalue weighted by atomic mass is 10.0. The molecule has 0 saturated heterocycles. The van der Waals surface area contributed by atoms with Crippen LogP contribution in [0.3, 0.4) is 0 Å². The van der Waals surface area contributed by atoms with E-state index in [1.807, 2.05) is 32.9 Å². The molecule has 130 valence electrons. The Bertz CT molecular complexity index is 1000. The summed E-state index contributed by atoms with van der Waals surface area (Å²) >= 11 is 0. The van der Waals surface area contributed by atoms with Gasteiger partial charge in [-0.1, -0.05) is 25.5 Å². The van der Waals surface area contributed by atoms with E-state index in [2.05, 4.69) is 15.5 Å². The summed E-state index contributed by atoms with van der Waals surface area (Å²) < 4.78 is 2.79. The maximum Gasteiger partial charge on any atom is 0.275 e. The Kier molecular flexibility index (Phi) is 4.39. The molecule has 3 rings (SSSR count). The van der Waals surface area contributed by atoms with Gasteiger partial charge in [-0.25, -0.2) is 4.68 Å². The summed E-state index contributed by atoms with van der Waals surface area (Å²) in [7, 11) is 1.73. The Morgan fingerprint density at radius 1 is 1.24 bits per heavy atom. The lowest BCUT2D eigenvalue weighted by molar-refractivity contribution is -0.117. The molecule has 0 unspecified atom stereocenters. The van der Waals surface area contributed by atoms with Crippen LogP contribution in [0.2, 0.25) is 0 Å². The third kappa shape index (κ3) is 3.31. The van der Waals surface area contributed by atoms with Crippen molar-refractivity contribution >= 4 is 22.5 Å². The number of nitrogens with one attached hydrogen (secondary N) is 1. The molecule has 0 saturated carbocycles. The van der Waals surface area contributed by atoms with Gasteiger partial charge < -0.3 is 5.32 Å². The smallest absolute Gasteiger partial charge is 0.275 e. The fourth-order valence-corrected chi connectivity index (χ4v) is 2.77. The first kappa shape index (κ1) is 16.9. The van der Waals surface area contributed by atoms with E-state index in [-0.39, 0.29) is 23.9 Å². The van der Waals surface area contributed by atoms with Gasteiger partial charge in [-0.15, -0.1) is 0 Å². The van der Waals surface area contributed by atoms with Gasteiger partial charge in [0.2, 0.25) is 5.91 Å². The van der Waals surface area contributed by atoms with Crippen molar-refractivity contribution in [2.75, 3.05) is 5.32 Å². The minimum Gasteiger partial charge on any atom is -0.309 e. The molecule has 7 heteroatoms. The zero-order chi connectivity index (χ0) is 18.1. The number of rotatable bonds is 4. The minimum atomic E-state index is -0.320. The van der Waals surface area contributed by atoms with E-state index in [1.165, 1.54) is 4.68 Å². The number of benzene rings is 1. The molecule has 0 radical (unpaired) electrons. The molecule has 1 aromatic carbocycles. The second-order valence-corrected chi connectivity index (χ2v) is 6.44. The molecule has 0 bridgehead atoms. The van der Waals surface area contributed by atoms with Crippen molar-refractivity contribution in [2.45, 2.75) is 33.2 Å². The van der Waals surface area contributed by atoms with Crippen LogP contribution in [-0.2, 0) is 18.4 Å². The summed E-state index contributed by atoms with van der Waals surface area (Å²) in [5, 5.41) is 12.6. The number of hydrogen-bond acceptors (Lipinski definition) is 4. The molecule has 2 aromatic heterocycles. The topological polar surface area (TPSA) is 81.8 Å². The van der Waals surface area contributed by atoms with Crippen molar-refractivity contribution in [1.82, 2.24) is 19.6 Å². The van der Waals surface area contributed by atoms with Crippen LogP contribution in [0, 0.1) is 6.92 Å². The first-order chi connectivity index (χ1) is 11.9. The van der Waals surface area contributed by atoms with Crippen LogP contribution in [0.15, 0.2) is 35.3 Å². The highest BCUT2D eigenvalue weighted by Crippen LogP contribution is 2.22. The molecule has 0 aliphatic rings. The van der Waals surface area contributed by atoms with Crippen LogP contribution in [0.5, 0.6) is 0 Å². The molecule has 7 nitrogen and oxygen atoms in total. The summed E-state index contributed by atoms with van der Waals surface area (Å²) in [6.07, 6.45) is 1.59. The molecule has 1 N–H and O–H groups in total. The number of hydrogen-bond donors (Lipinski definition) is 1. The lowest BCUT2D eigenvalue weighted by Gasteiger charge is -2.13. The summed E-state index contributed by atoms with van der Waals surface area (Å²) in [5.74, 6) is 0.384. The Morgan fingerprint density at radius 2 is 2.00 bits per heavy atom. The Labute approximate surface area is 145 Å². The number of aryl methyl sites for hydroxylation is 2. The van der Waals surface area contributed by atoms with Crippen molar-refractivity contribution < 1.29 is 4.79 Å². The molecule has 3 aromatic rings. The highest BCUT2D eigenvalue weighted by molar-refractivity contribution is 5.90. The molecular formula is C18H21N5O2. The van der Waals surface area contributed by atoms with Crippen molar-refractivity contribution in [3.8, 4) is 0 Å². The van der Waals surface area contributed by atoms with Gasteiger partial charge in [0.05, 0.1) is 17.3 Å². The number of carbonyl (C=O) groups excluding carboxylic acids is 1. The average molecular weight is 339 g/mol. The van der Waals surface area contributed by atoms with E-state index in [0.29, 0.717) is 11.2 Å². The zero-order valence-corrected chi connectivity index (χ0v) is 14.8. The van der Waals surface area contributed by atoms with Crippen LogP contribution in [0.4, 0.5) is 5.82 Å². The second kappa shape index (κ2) is 6.51. The first-order valence-corrected chi connectivity index (χ1v) is 8.16. The first-order valence-electron chi connectivity index (χ1n) is 8.16. The largest absolute Gasteiger partial charge is 0.309 e. The Morgan fingerprint density at radius 3 is 2.64 bits per heavy atom. The molecule has 0 aliphatic heterocycles. The van der Waals surface area contributed by atoms with Crippen molar-refractivity contribution in [3.63, 3.8) is 0 Å². The van der Waals surface area contributed by atoms with Gasteiger partial charge in [0.25, 0.3) is 5.56 Å². The standard InChI is InChI=1S/C18H21N5O2/c1-11(2)17-14-9-12(3)5-6-13(14)18(25)23(21-17)10-16(24)20-15-7-8-19-22(15)4/h5-9,11H,10H2,1-4H3,(H,20,24). The van der Waals surface area contributed by atoms with E-state index in [4.69, 9.17) is 0 Å². The van der Waals surface area contributed by atoms with Gasteiger partial charge in [0.15, 0.2) is 0 Å². The maximum atomic E-state index is 12.7. The highest BCUT2D eigenvalue weighted by atomic mass is 16.2. The number of amides is 1. The molecule has 2 heterocycles.